The van der Waals surface area contributed by atoms with Crippen molar-refractivity contribution >= 4 is 21.8 Å². The minimum Gasteiger partial charge on any atom is -0.348 e. The first-order valence-electron chi connectivity index (χ1n) is 4.48. The monoisotopic (exact) mass is 271 g/mol. The molecular formula is C11H11BrFNO. The number of rotatable bonds is 3. The van der Waals surface area contributed by atoms with Crippen LogP contribution in [0.3, 0.4) is 0 Å². The van der Waals surface area contributed by atoms with Gasteiger partial charge in [-0.1, -0.05) is 22.0 Å². The zero-order valence-corrected chi connectivity index (χ0v) is 9.84. The Hall–Kier alpha value is -1.16. The summed E-state index contributed by atoms with van der Waals surface area (Å²) >= 11 is 3.28. The fourth-order valence-corrected chi connectivity index (χ4v) is 1.46. The van der Waals surface area contributed by atoms with Crippen molar-refractivity contribution in [3.05, 3.63) is 46.2 Å². The molecule has 0 heterocycles. The normalized spacial score (nSPS) is 10.6. The van der Waals surface area contributed by atoms with E-state index in [1.807, 2.05) is 0 Å². The number of amides is 1. The highest BCUT2D eigenvalue weighted by Gasteiger charge is 2.02. The van der Waals surface area contributed by atoms with Crippen molar-refractivity contribution < 1.29 is 9.18 Å². The van der Waals surface area contributed by atoms with Crippen molar-refractivity contribution in [3.63, 3.8) is 0 Å². The molecule has 0 saturated heterocycles. The van der Waals surface area contributed by atoms with Crippen molar-refractivity contribution in [2.24, 2.45) is 0 Å². The SMILES string of the molecule is CC=CC(=O)NCc1cc(F)ccc1Br. The second kappa shape index (κ2) is 5.66. The van der Waals surface area contributed by atoms with Gasteiger partial charge in [-0.15, -0.1) is 0 Å². The number of benzene rings is 1. The Morgan fingerprint density at radius 2 is 2.33 bits per heavy atom. The molecule has 2 nitrogen and oxygen atoms in total. The molecule has 0 aliphatic heterocycles. The molecular weight excluding hydrogens is 261 g/mol. The maximum absolute atomic E-state index is 12.9. The lowest BCUT2D eigenvalue weighted by molar-refractivity contribution is -0.116. The first-order chi connectivity index (χ1) is 7.13. The standard InChI is InChI=1S/C11H11BrFNO/c1-2-3-11(15)14-7-8-6-9(13)4-5-10(8)12/h2-6H,7H2,1H3,(H,14,15). The number of carbonyl (C=O) groups is 1. The van der Waals surface area contributed by atoms with Gasteiger partial charge in [-0.05, 0) is 36.8 Å². The van der Waals surface area contributed by atoms with Crippen molar-refractivity contribution in [2.45, 2.75) is 13.5 Å². The van der Waals surface area contributed by atoms with Crippen LogP contribution in [0, 0.1) is 5.82 Å². The fourth-order valence-electron chi connectivity index (χ4n) is 1.07. The molecule has 0 aromatic heterocycles. The summed E-state index contributed by atoms with van der Waals surface area (Å²) in [4.78, 5) is 11.1. The minimum absolute atomic E-state index is 0.186. The van der Waals surface area contributed by atoms with Gasteiger partial charge >= 0.3 is 0 Å². The minimum atomic E-state index is -0.312. The number of hydrogen-bond acceptors (Lipinski definition) is 1. The largest absolute Gasteiger partial charge is 0.348 e. The molecule has 1 amide bonds. The lowest BCUT2D eigenvalue weighted by atomic mass is 10.2. The molecule has 0 radical (unpaired) electrons. The van der Waals surface area contributed by atoms with Crippen LogP contribution in [0.1, 0.15) is 12.5 Å². The summed E-state index contributed by atoms with van der Waals surface area (Å²) in [5, 5.41) is 2.65. The third-order valence-corrected chi connectivity index (χ3v) is 2.55. The first-order valence-corrected chi connectivity index (χ1v) is 5.27. The molecule has 0 bridgehead atoms. The number of carbonyl (C=O) groups excluding carboxylic acids is 1. The number of hydrogen-bond donors (Lipinski definition) is 1. The summed E-state index contributed by atoms with van der Waals surface area (Å²) in [7, 11) is 0. The number of halogens is 2. The van der Waals surface area contributed by atoms with Gasteiger partial charge in [0.2, 0.25) is 5.91 Å². The molecule has 1 aromatic carbocycles. The van der Waals surface area contributed by atoms with E-state index in [4.69, 9.17) is 0 Å². The van der Waals surface area contributed by atoms with Crippen molar-refractivity contribution in [3.8, 4) is 0 Å². The third kappa shape index (κ3) is 3.83. The Labute approximate surface area is 96.3 Å². The smallest absolute Gasteiger partial charge is 0.243 e. The van der Waals surface area contributed by atoms with E-state index in [1.165, 1.54) is 18.2 Å². The van der Waals surface area contributed by atoms with Crippen LogP contribution in [0.4, 0.5) is 4.39 Å². The van der Waals surface area contributed by atoms with E-state index >= 15 is 0 Å². The summed E-state index contributed by atoms with van der Waals surface area (Å²) in [5.74, 6) is -0.498. The van der Waals surface area contributed by atoms with Crippen molar-refractivity contribution in [1.29, 1.82) is 0 Å². The van der Waals surface area contributed by atoms with E-state index in [9.17, 15) is 9.18 Å². The number of nitrogens with one attached hydrogen (secondary N) is 1. The molecule has 80 valence electrons. The van der Waals surface area contributed by atoms with E-state index in [0.717, 1.165) is 4.47 Å². The van der Waals surface area contributed by atoms with Crippen LogP contribution in [0.2, 0.25) is 0 Å². The highest BCUT2D eigenvalue weighted by Crippen LogP contribution is 2.17. The van der Waals surface area contributed by atoms with Gasteiger partial charge < -0.3 is 5.32 Å². The average Bonchev–Trinajstić information content (AvgIpc) is 2.20. The quantitative estimate of drug-likeness (QED) is 0.842. The van der Waals surface area contributed by atoms with Gasteiger partial charge in [0.1, 0.15) is 5.82 Å². The summed E-state index contributed by atoms with van der Waals surface area (Å²) in [6, 6.07) is 4.37. The van der Waals surface area contributed by atoms with Crippen LogP contribution in [0.5, 0.6) is 0 Å². The maximum Gasteiger partial charge on any atom is 0.243 e. The zero-order chi connectivity index (χ0) is 11.3. The van der Waals surface area contributed by atoms with E-state index < -0.39 is 0 Å². The van der Waals surface area contributed by atoms with Gasteiger partial charge in [0.05, 0.1) is 0 Å². The lowest BCUT2D eigenvalue weighted by Gasteiger charge is -2.05. The highest BCUT2D eigenvalue weighted by molar-refractivity contribution is 9.10. The van der Waals surface area contributed by atoms with E-state index in [1.54, 1.807) is 19.1 Å². The Balaban J connectivity index is 2.64. The summed E-state index contributed by atoms with van der Waals surface area (Å²) in [6.45, 7) is 2.07. The highest BCUT2D eigenvalue weighted by atomic mass is 79.9. The topological polar surface area (TPSA) is 29.1 Å². The van der Waals surface area contributed by atoms with Gasteiger partial charge in [0.15, 0.2) is 0 Å². The predicted molar refractivity (Wildman–Crippen MR) is 60.8 cm³/mol. The number of allylic oxidation sites excluding steroid dienone is 1. The summed E-state index contributed by atoms with van der Waals surface area (Å²) < 4.78 is 13.7. The van der Waals surface area contributed by atoms with Gasteiger partial charge in [-0.25, -0.2) is 4.39 Å². The molecule has 0 saturated carbocycles. The molecule has 1 N–H and O–H groups in total. The Morgan fingerprint density at radius 1 is 1.60 bits per heavy atom. The van der Waals surface area contributed by atoms with Crippen LogP contribution in [0.15, 0.2) is 34.8 Å². The molecule has 0 atom stereocenters. The van der Waals surface area contributed by atoms with E-state index in [-0.39, 0.29) is 11.7 Å². The Morgan fingerprint density at radius 3 is 3.00 bits per heavy atom. The molecule has 15 heavy (non-hydrogen) atoms. The Bertz CT molecular complexity index is 390. The van der Waals surface area contributed by atoms with Crippen LogP contribution >= 0.6 is 15.9 Å². The van der Waals surface area contributed by atoms with Crippen LogP contribution in [0.25, 0.3) is 0 Å². The van der Waals surface area contributed by atoms with Crippen molar-refractivity contribution in [2.75, 3.05) is 0 Å². The van der Waals surface area contributed by atoms with Crippen LogP contribution < -0.4 is 5.32 Å². The fraction of sp³-hybridized carbons (Fsp3) is 0.182. The Kier molecular flexibility index (Phi) is 4.49. The maximum atomic E-state index is 12.9. The lowest BCUT2D eigenvalue weighted by Crippen LogP contribution is -2.20. The molecule has 0 fully saturated rings. The average molecular weight is 272 g/mol. The van der Waals surface area contributed by atoms with E-state index in [2.05, 4.69) is 21.2 Å². The van der Waals surface area contributed by atoms with E-state index in [0.29, 0.717) is 12.1 Å². The summed E-state index contributed by atoms with van der Waals surface area (Å²) in [5.41, 5.74) is 0.716. The first kappa shape index (κ1) is 11.9. The second-order valence-corrected chi connectivity index (χ2v) is 3.81. The molecule has 0 unspecified atom stereocenters. The zero-order valence-electron chi connectivity index (χ0n) is 8.26. The molecule has 0 spiro atoms. The van der Waals surface area contributed by atoms with Gasteiger partial charge in [0, 0.05) is 11.0 Å². The predicted octanol–water partition coefficient (Wildman–Crippen LogP) is 2.78. The van der Waals surface area contributed by atoms with Gasteiger partial charge in [-0.3, -0.25) is 4.79 Å². The van der Waals surface area contributed by atoms with Gasteiger partial charge in [-0.2, -0.15) is 0 Å². The molecule has 1 aromatic rings. The van der Waals surface area contributed by atoms with Crippen molar-refractivity contribution in [1.82, 2.24) is 5.32 Å². The molecule has 1 rings (SSSR count). The molecule has 0 aliphatic rings. The summed E-state index contributed by atoms with van der Waals surface area (Å²) in [6.07, 6.45) is 3.07. The molecule has 0 aliphatic carbocycles. The second-order valence-electron chi connectivity index (χ2n) is 2.95. The van der Waals surface area contributed by atoms with Crippen LogP contribution in [-0.2, 0) is 11.3 Å². The molecule has 4 heteroatoms. The van der Waals surface area contributed by atoms with Gasteiger partial charge in [0.25, 0.3) is 0 Å². The van der Waals surface area contributed by atoms with Crippen LogP contribution in [-0.4, -0.2) is 5.91 Å². The third-order valence-electron chi connectivity index (χ3n) is 1.78.